The summed E-state index contributed by atoms with van der Waals surface area (Å²) in [6.07, 6.45) is 3.59. The summed E-state index contributed by atoms with van der Waals surface area (Å²) in [7, 11) is 1.85. The number of carbonyl (C=O) groups is 1. The third kappa shape index (κ3) is 6.51. The van der Waals surface area contributed by atoms with Gasteiger partial charge in [-0.25, -0.2) is 0 Å². The van der Waals surface area contributed by atoms with Gasteiger partial charge in [0.2, 0.25) is 5.91 Å². The molecule has 0 radical (unpaired) electrons. The summed E-state index contributed by atoms with van der Waals surface area (Å²) in [5.74, 6) is 1.25. The first-order valence-corrected chi connectivity index (χ1v) is 5.97. The molecule has 0 rings (SSSR count). The minimum absolute atomic E-state index is 0. The number of hydrogen-bond donors (Lipinski definition) is 1. The topological polar surface area (TPSA) is 46.3 Å². The highest BCUT2D eigenvalue weighted by molar-refractivity contribution is 7.98. The Morgan fingerprint density at radius 3 is 2.57 bits per heavy atom. The van der Waals surface area contributed by atoms with Crippen LogP contribution in [0.25, 0.3) is 0 Å². The van der Waals surface area contributed by atoms with Gasteiger partial charge in [0.25, 0.3) is 0 Å². The number of carbonyl (C=O) groups excluding carboxylic acids is 1. The maximum atomic E-state index is 11.4. The van der Waals surface area contributed by atoms with Crippen molar-refractivity contribution in [3.63, 3.8) is 0 Å². The Bertz CT molecular complexity index is 158. The van der Waals surface area contributed by atoms with E-state index in [0.717, 1.165) is 12.2 Å². The minimum Gasteiger partial charge on any atom is -0.343 e. The Morgan fingerprint density at radius 2 is 2.14 bits per heavy atom. The molecule has 0 aromatic carbocycles. The first kappa shape index (κ1) is 16.5. The van der Waals surface area contributed by atoms with Crippen molar-refractivity contribution in [2.75, 3.05) is 25.6 Å². The van der Waals surface area contributed by atoms with Gasteiger partial charge in [0, 0.05) is 26.1 Å². The second kappa shape index (κ2) is 9.62. The van der Waals surface area contributed by atoms with Crippen LogP contribution in [-0.2, 0) is 4.79 Å². The van der Waals surface area contributed by atoms with Gasteiger partial charge in [0.1, 0.15) is 0 Å². The van der Waals surface area contributed by atoms with Crippen LogP contribution in [-0.4, -0.2) is 42.4 Å². The molecule has 14 heavy (non-hydrogen) atoms. The van der Waals surface area contributed by atoms with Gasteiger partial charge in [-0.3, -0.25) is 4.79 Å². The Hall–Kier alpha value is 0.0700. The van der Waals surface area contributed by atoms with E-state index < -0.39 is 0 Å². The monoisotopic (exact) mass is 240 g/mol. The van der Waals surface area contributed by atoms with Crippen LogP contribution in [0.3, 0.4) is 0 Å². The summed E-state index contributed by atoms with van der Waals surface area (Å²) in [5.41, 5.74) is 5.32. The van der Waals surface area contributed by atoms with Gasteiger partial charge >= 0.3 is 0 Å². The quantitative estimate of drug-likeness (QED) is 0.763. The minimum atomic E-state index is 0. The van der Waals surface area contributed by atoms with E-state index in [2.05, 4.69) is 13.2 Å². The van der Waals surface area contributed by atoms with Crippen molar-refractivity contribution in [1.82, 2.24) is 4.90 Å². The van der Waals surface area contributed by atoms with Crippen LogP contribution >= 0.6 is 24.2 Å². The summed E-state index contributed by atoms with van der Waals surface area (Å²) >= 11 is 1.81. The molecule has 3 nitrogen and oxygen atoms in total. The predicted molar refractivity (Wildman–Crippen MR) is 66.2 cm³/mol. The summed E-state index contributed by atoms with van der Waals surface area (Å²) in [5, 5.41) is 0. The number of nitrogens with two attached hydrogens (primary N) is 1. The molecule has 86 valence electrons. The van der Waals surface area contributed by atoms with E-state index in [1.54, 1.807) is 4.90 Å². The Labute approximate surface area is 97.2 Å². The molecule has 1 unspecified atom stereocenters. The molecule has 5 heteroatoms. The Kier molecular flexibility index (Phi) is 11.3. The Morgan fingerprint density at radius 1 is 1.57 bits per heavy atom. The van der Waals surface area contributed by atoms with Crippen LogP contribution in [0.1, 0.15) is 19.8 Å². The second-order valence-corrected chi connectivity index (χ2v) is 4.16. The highest BCUT2D eigenvalue weighted by atomic mass is 35.5. The number of thioether (sulfide) groups is 1. The fourth-order valence-electron chi connectivity index (χ4n) is 1.03. The largest absolute Gasteiger partial charge is 0.343 e. The van der Waals surface area contributed by atoms with Crippen molar-refractivity contribution >= 4 is 30.1 Å². The lowest BCUT2D eigenvalue weighted by molar-refractivity contribution is -0.131. The molecule has 1 atom stereocenters. The third-order valence-electron chi connectivity index (χ3n) is 2.15. The molecule has 0 saturated carbocycles. The van der Waals surface area contributed by atoms with Crippen molar-refractivity contribution in [2.24, 2.45) is 5.73 Å². The molecule has 2 N–H and O–H groups in total. The molecule has 0 spiro atoms. The van der Waals surface area contributed by atoms with Gasteiger partial charge < -0.3 is 10.6 Å². The average Bonchev–Trinajstić information content (AvgIpc) is 2.13. The molecular weight excluding hydrogens is 220 g/mol. The number of amides is 1. The SMILES string of the molecule is CSCCC(C)N(C)C(=O)CCN.Cl. The molecule has 0 aromatic heterocycles. The van der Waals surface area contributed by atoms with Gasteiger partial charge in [-0.05, 0) is 25.4 Å². The summed E-state index contributed by atoms with van der Waals surface area (Å²) in [6, 6.07) is 0.325. The lowest BCUT2D eigenvalue weighted by atomic mass is 10.2. The smallest absolute Gasteiger partial charge is 0.223 e. The molecule has 0 bridgehead atoms. The Balaban J connectivity index is 0. The van der Waals surface area contributed by atoms with Crippen LogP contribution < -0.4 is 5.73 Å². The highest BCUT2D eigenvalue weighted by Gasteiger charge is 2.13. The lowest BCUT2D eigenvalue weighted by Gasteiger charge is -2.24. The van der Waals surface area contributed by atoms with Crippen molar-refractivity contribution in [2.45, 2.75) is 25.8 Å². The van der Waals surface area contributed by atoms with E-state index in [4.69, 9.17) is 5.73 Å². The number of nitrogens with zero attached hydrogens (tertiary/aromatic N) is 1. The van der Waals surface area contributed by atoms with E-state index in [-0.39, 0.29) is 18.3 Å². The molecule has 0 aliphatic carbocycles. The first-order valence-electron chi connectivity index (χ1n) is 4.58. The molecule has 0 heterocycles. The molecular formula is C9H21ClN2OS. The van der Waals surface area contributed by atoms with Crippen LogP contribution in [0.4, 0.5) is 0 Å². The van der Waals surface area contributed by atoms with Gasteiger partial charge in [-0.15, -0.1) is 12.4 Å². The zero-order chi connectivity index (χ0) is 10.3. The molecule has 1 amide bonds. The normalized spacial score (nSPS) is 11.7. The average molecular weight is 241 g/mol. The van der Waals surface area contributed by atoms with E-state index >= 15 is 0 Å². The molecule has 0 saturated heterocycles. The predicted octanol–water partition coefficient (Wildman–Crippen LogP) is 1.36. The van der Waals surface area contributed by atoms with Crippen LogP contribution in [0.5, 0.6) is 0 Å². The second-order valence-electron chi connectivity index (χ2n) is 3.17. The van der Waals surface area contributed by atoms with Crippen molar-refractivity contribution in [3.05, 3.63) is 0 Å². The molecule has 0 aliphatic rings. The van der Waals surface area contributed by atoms with Gasteiger partial charge in [-0.1, -0.05) is 0 Å². The van der Waals surface area contributed by atoms with Gasteiger partial charge in [0.05, 0.1) is 0 Å². The zero-order valence-electron chi connectivity index (χ0n) is 9.16. The molecule has 0 aliphatic heterocycles. The fourth-order valence-corrected chi connectivity index (χ4v) is 1.60. The van der Waals surface area contributed by atoms with Crippen LogP contribution in [0, 0.1) is 0 Å². The third-order valence-corrected chi connectivity index (χ3v) is 2.80. The van der Waals surface area contributed by atoms with Crippen molar-refractivity contribution < 1.29 is 4.79 Å². The maximum Gasteiger partial charge on any atom is 0.223 e. The highest BCUT2D eigenvalue weighted by Crippen LogP contribution is 2.06. The summed E-state index contributed by atoms with van der Waals surface area (Å²) in [6.45, 7) is 2.52. The maximum absolute atomic E-state index is 11.4. The number of hydrogen-bond acceptors (Lipinski definition) is 3. The van der Waals surface area contributed by atoms with Crippen molar-refractivity contribution in [3.8, 4) is 0 Å². The van der Waals surface area contributed by atoms with Crippen LogP contribution in [0.2, 0.25) is 0 Å². The van der Waals surface area contributed by atoms with E-state index in [1.807, 2.05) is 18.8 Å². The molecule has 0 aromatic rings. The van der Waals surface area contributed by atoms with Crippen LogP contribution in [0.15, 0.2) is 0 Å². The van der Waals surface area contributed by atoms with E-state index in [9.17, 15) is 4.79 Å². The summed E-state index contributed by atoms with van der Waals surface area (Å²) < 4.78 is 0. The molecule has 0 fully saturated rings. The van der Waals surface area contributed by atoms with Crippen molar-refractivity contribution in [1.29, 1.82) is 0 Å². The summed E-state index contributed by atoms with van der Waals surface area (Å²) in [4.78, 5) is 13.2. The van der Waals surface area contributed by atoms with Gasteiger partial charge in [-0.2, -0.15) is 11.8 Å². The number of halogens is 1. The van der Waals surface area contributed by atoms with E-state index in [1.165, 1.54) is 0 Å². The van der Waals surface area contributed by atoms with E-state index in [0.29, 0.717) is 19.0 Å². The zero-order valence-corrected chi connectivity index (χ0v) is 10.8. The van der Waals surface area contributed by atoms with Gasteiger partial charge in [0.15, 0.2) is 0 Å². The first-order chi connectivity index (χ1) is 6.13. The lowest BCUT2D eigenvalue weighted by Crippen LogP contribution is -2.36. The fraction of sp³-hybridized carbons (Fsp3) is 0.889. The number of rotatable bonds is 6. The standard InChI is InChI=1S/C9H20N2OS.ClH/c1-8(5-7-13-3)11(2)9(12)4-6-10;/h8H,4-7,10H2,1-3H3;1H.